The number of nitrogens with one attached hydrogen (secondary N) is 1. The fourth-order valence-electron chi connectivity index (χ4n) is 2.98. The highest BCUT2D eigenvalue weighted by Crippen LogP contribution is 2.26. The third-order valence-corrected chi connectivity index (χ3v) is 4.15. The summed E-state index contributed by atoms with van der Waals surface area (Å²) >= 11 is 0. The summed E-state index contributed by atoms with van der Waals surface area (Å²) in [5, 5.41) is 2.90. The molecule has 1 aromatic heterocycles. The highest BCUT2D eigenvalue weighted by Gasteiger charge is 2.34. The third-order valence-electron chi connectivity index (χ3n) is 4.15. The van der Waals surface area contributed by atoms with Crippen molar-refractivity contribution in [3.05, 3.63) is 12.4 Å². The van der Waals surface area contributed by atoms with E-state index in [9.17, 15) is 4.79 Å². The Morgan fingerprint density at radius 3 is 2.29 bits per heavy atom. The average Bonchev–Trinajstić information content (AvgIpc) is 2.78. The van der Waals surface area contributed by atoms with Gasteiger partial charge in [0.2, 0.25) is 11.9 Å². The second-order valence-corrected chi connectivity index (χ2v) is 6.05. The minimum Gasteiger partial charge on any atom is -0.347 e. The van der Waals surface area contributed by atoms with Gasteiger partial charge in [-0.1, -0.05) is 0 Å². The second kappa shape index (κ2) is 6.39. The molecule has 0 aliphatic carbocycles. The molecule has 1 amide bonds. The lowest BCUT2D eigenvalue weighted by atomic mass is 10.2. The Labute approximate surface area is 126 Å². The fourth-order valence-corrected chi connectivity index (χ4v) is 2.98. The zero-order valence-electron chi connectivity index (χ0n) is 13.5. The number of hydrogen-bond acceptors (Lipinski definition) is 5. The van der Waals surface area contributed by atoms with Crippen molar-refractivity contribution in [2.24, 2.45) is 0 Å². The van der Waals surface area contributed by atoms with Gasteiger partial charge in [0.05, 0.1) is 24.1 Å². The molecule has 2 rings (SSSR count). The van der Waals surface area contributed by atoms with Crippen LogP contribution in [0.3, 0.4) is 0 Å². The molecule has 1 aliphatic heterocycles. The first-order valence-corrected chi connectivity index (χ1v) is 7.47. The van der Waals surface area contributed by atoms with E-state index in [1.165, 1.54) is 0 Å². The predicted molar refractivity (Wildman–Crippen MR) is 84.4 cm³/mol. The Kier molecular flexibility index (Phi) is 4.77. The van der Waals surface area contributed by atoms with Crippen molar-refractivity contribution < 1.29 is 4.79 Å². The maximum absolute atomic E-state index is 12.4. The Morgan fingerprint density at radius 1 is 1.29 bits per heavy atom. The lowest BCUT2D eigenvalue weighted by Crippen LogP contribution is -2.46. The summed E-state index contributed by atoms with van der Waals surface area (Å²) < 4.78 is 0. The summed E-state index contributed by atoms with van der Waals surface area (Å²) in [5.74, 6) is 0.625. The maximum Gasteiger partial charge on any atom is 0.241 e. The van der Waals surface area contributed by atoms with E-state index in [4.69, 9.17) is 0 Å². The van der Waals surface area contributed by atoms with Crippen LogP contribution in [0.25, 0.3) is 0 Å². The van der Waals surface area contributed by atoms with Crippen molar-refractivity contribution in [1.29, 1.82) is 0 Å². The number of anilines is 2. The highest BCUT2D eigenvalue weighted by atomic mass is 16.2. The van der Waals surface area contributed by atoms with Gasteiger partial charge in [0.1, 0.15) is 0 Å². The molecule has 0 bridgehead atoms. The van der Waals surface area contributed by atoms with Crippen LogP contribution in [-0.2, 0) is 4.79 Å². The molecule has 6 nitrogen and oxygen atoms in total. The number of likely N-dealkylation sites (tertiary alicyclic amines) is 1. The van der Waals surface area contributed by atoms with Crippen LogP contribution in [0.1, 0.15) is 33.6 Å². The van der Waals surface area contributed by atoms with Gasteiger partial charge in [-0.25, -0.2) is 9.97 Å². The quantitative estimate of drug-likeness (QED) is 0.915. The summed E-state index contributed by atoms with van der Waals surface area (Å²) in [6, 6.07) is 0.757. The molecule has 0 aromatic carbocycles. The molecule has 116 valence electrons. The van der Waals surface area contributed by atoms with Gasteiger partial charge >= 0.3 is 0 Å². The van der Waals surface area contributed by atoms with Crippen molar-refractivity contribution in [3.8, 4) is 0 Å². The molecular formula is C15H25N5O. The number of nitrogens with zero attached hydrogens (tertiary/aromatic N) is 4. The summed E-state index contributed by atoms with van der Waals surface area (Å²) in [6.07, 6.45) is 5.59. The van der Waals surface area contributed by atoms with Crippen LogP contribution in [0.5, 0.6) is 0 Å². The molecule has 1 saturated heterocycles. The minimum atomic E-state index is -0.147. The number of amides is 1. The molecule has 3 unspecified atom stereocenters. The van der Waals surface area contributed by atoms with Crippen LogP contribution < -0.4 is 10.2 Å². The lowest BCUT2D eigenvalue weighted by Gasteiger charge is -2.31. The summed E-state index contributed by atoms with van der Waals surface area (Å²) in [6.45, 7) is 6.33. The van der Waals surface area contributed by atoms with E-state index < -0.39 is 0 Å². The van der Waals surface area contributed by atoms with E-state index >= 15 is 0 Å². The summed E-state index contributed by atoms with van der Waals surface area (Å²) in [5.41, 5.74) is 0.636. The van der Waals surface area contributed by atoms with Crippen molar-refractivity contribution in [2.45, 2.75) is 51.7 Å². The van der Waals surface area contributed by atoms with Gasteiger partial charge in [-0.2, -0.15) is 0 Å². The van der Waals surface area contributed by atoms with Crippen molar-refractivity contribution in [3.63, 3.8) is 0 Å². The Morgan fingerprint density at radius 2 is 1.81 bits per heavy atom. The number of aromatic nitrogens is 2. The Balaban J connectivity index is 2.00. The van der Waals surface area contributed by atoms with E-state index in [1.807, 2.05) is 25.9 Å². The largest absolute Gasteiger partial charge is 0.347 e. The van der Waals surface area contributed by atoms with Crippen molar-refractivity contribution in [1.82, 2.24) is 14.9 Å². The van der Waals surface area contributed by atoms with Crippen molar-refractivity contribution in [2.75, 3.05) is 24.3 Å². The average molecular weight is 291 g/mol. The van der Waals surface area contributed by atoms with E-state index in [-0.39, 0.29) is 11.9 Å². The van der Waals surface area contributed by atoms with Gasteiger partial charge in [0.25, 0.3) is 0 Å². The van der Waals surface area contributed by atoms with E-state index in [0.29, 0.717) is 23.7 Å². The monoisotopic (exact) mass is 291 g/mol. The van der Waals surface area contributed by atoms with E-state index in [0.717, 1.165) is 12.8 Å². The van der Waals surface area contributed by atoms with Gasteiger partial charge < -0.3 is 10.2 Å². The van der Waals surface area contributed by atoms with Crippen LogP contribution >= 0.6 is 0 Å². The van der Waals surface area contributed by atoms with Gasteiger partial charge in [0, 0.05) is 26.2 Å². The Bertz CT molecular complexity index is 477. The molecule has 0 saturated carbocycles. The van der Waals surface area contributed by atoms with Gasteiger partial charge in [-0.15, -0.1) is 0 Å². The molecule has 21 heavy (non-hydrogen) atoms. The Hall–Kier alpha value is -1.69. The number of hydrogen-bond donors (Lipinski definition) is 1. The first-order chi connectivity index (χ1) is 9.90. The molecule has 0 spiro atoms. The maximum atomic E-state index is 12.4. The standard InChI is InChI=1S/C15H25N5O/c1-10-6-7-11(2)20(10)12(3)14(21)18-13-8-16-15(17-9-13)19(4)5/h8-12H,6-7H2,1-5H3,(H,18,21). The molecule has 6 heteroatoms. The fraction of sp³-hybridized carbons (Fsp3) is 0.667. The number of carbonyl (C=O) groups excluding carboxylic acids is 1. The first-order valence-electron chi connectivity index (χ1n) is 7.47. The molecule has 1 aliphatic rings. The summed E-state index contributed by atoms with van der Waals surface area (Å²) in [4.78, 5) is 24.9. The topological polar surface area (TPSA) is 61.4 Å². The number of rotatable bonds is 4. The molecule has 1 aromatic rings. The third kappa shape index (κ3) is 3.50. The minimum absolute atomic E-state index is 0.00296. The zero-order valence-corrected chi connectivity index (χ0v) is 13.5. The predicted octanol–water partition coefficient (Wildman–Crippen LogP) is 1.74. The second-order valence-electron chi connectivity index (χ2n) is 6.05. The van der Waals surface area contributed by atoms with Crippen LogP contribution in [-0.4, -0.2) is 53.0 Å². The molecule has 2 heterocycles. The van der Waals surface area contributed by atoms with Gasteiger partial charge in [-0.3, -0.25) is 9.69 Å². The van der Waals surface area contributed by atoms with Crippen molar-refractivity contribution >= 4 is 17.5 Å². The highest BCUT2D eigenvalue weighted by molar-refractivity contribution is 5.94. The first kappa shape index (κ1) is 15.7. The molecule has 0 radical (unpaired) electrons. The molecule has 1 N–H and O–H groups in total. The molecule has 1 fully saturated rings. The van der Waals surface area contributed by atoms with Crippen LogP contribution in [0.4, 0.5) is 11.6 Å². The van der Waals surface area contributed by atoms with Crippen LogP contribution in [0.15, 0.2) is 12.4 Å². The van der Waals surface area contributed by atoms with Gasteiger partial charge in [0.15, 0.2) is 0 Å². The normalized spacial score (nSPS) is 23.9. The SMILES string of the molecule is CC1CCC(C)N1C(C)C(=O)Nc1cnc(N(C)C)nc1. The molecular weight excluding hydrogens is 266 g/mol. The molecule has 3 atom stereocenters. The smallest absolute Gasteiger partial charge is 0.241 e. The van der Waals surface area contributed by atoms with Crippen LogP contribution in [0.2, 0.25) is 0 Å². The number of carbonyl (C=O) groups is 1. The zero-order chi connectivity index (χ0) is 15.6. The lowest BCUT2D eigenvalue weighted by molar-refractivity contribution is -0.121. The summed E-state index contributed by atoms with van der Waals surface area (Å²) in [7, 11) is 3.76. The van der Waals surface area contributed by atoms with E-state index in [1.54, 1.807) is 12.4 Å². The van der Waals surface area contributed by atoms with Gasteiger partial charge in [-0.05, 0) is 33.6 Å². The van der Waals surface area contributed by atoms with Crippen LogP contribution in [0, 0.1) is 0 Å². The van der Waals surface area contributed by atoms with E-state index in [2.05, 4.69) is 34.0 Å².